The number of amides is 1. The van der Waals surface area contributed by atoms with Gasteiger partial charge in [-0.05, 0) is 30.0 Å². The third kappa shape index (κ3) is 6.27. The summed E-state index contributed by atoms with van der Waals surface area (Å²) >= 11 is 0. The Morgan fingerprint density at radius 2 is 1.92 bits per heavy atom. The molecule has 0 saturated carbocycles. The van der Waals surface area contributed by atoms with Crippen LogP contribution in [-0.2, 0) is 16.0 Å². The lowest BCUT2D eigenvalue weighted by molar-refractivity contribution is -0.129. The number of fused-ring (bicyclic) bond motifs is 1. The standard InChI is InChI=1S/C27H35N7O2/c1-21(35)34-9-8-32(7-6-28-26-16-27(31-20-30-26)33-10-12-36-13-11-33)18-23(19-34)14-22-15-24-4-2-3-5-25(24)29-17-22/h2-5,15-17,20,23H,6-14,18-19H2,1H3,(H,28,30,31). The summed E-state index contributed by atoms with van der Waals surface area (Å²) in [5, 5.41) is 4.63. The molecule has 2 aromatic heterocycles. The first-order valence-corrected chi connectivity index (χ1v) is 12.8. The van der Waals surface area contributed by atoms with E-state index in [4.69, 9.17) is 4.74 Å². The largest absolute Gasteiger partial charge is 0.378 e. The van der Waals surface area contributed by atoms with Gasteiger partial charge in [-0.2, -0.15) is 0 Å². The third-order valence-electron chi connectivity index (χ3n) is 7.02. The van der Waals surface area contributed by atoms with Crippen LogP contribution in [0, 0.1) is 5.92 Å². The number of pyridine rings is 1. The Balaban J connectivity index is 1.20. The van der Waals surface area contributed by atoms with Crippen molar-refractivity contribution in [3.05, 3.63) is 54.5 Å². The first kappa shape index (κ1) is 24.4. The Kier molecular flexibility index (Phi) is 7.88. The number of para-hydroxylation sites is 1. The topological polar surface area (TPSA) is 86.7 Å². The highest BCUT2D eigenvalue weighted by molar-refractivity contribution is 5.78. The quantitative estimate of drug-likeness (QED) is 0.541. The number of hydrogen-bond acceptors (Lipinski definition) is 8. The molecule has 1 atom stereocenters. The summed E-state index contributed by atoms with van der Waals surface area (Å²) in [5.41, 5.74) is 2.24. The SMILES string of the molecule is CC(=O)N1CCN(CCNc2cc(N3CCOCC3)ncn2)CC(Cc2cnc3ccccc3c2)C1. The van der Waals surface area contributed by atoms with Gasteiger partial charge in [-0.1, -0.05) is 18.2 Å². The minimum atomic E-state index is 0.147. The molecule has 9 nitrogen and oxygen atoms in total. The zero-order chi connectivity index (χ0) is 24.7. The predicted molar refractivity (Wildman–Crippen MR) is 141 cm³/mol. The van der Waals surface area contributed by atoms with E-state index >= 15 is 0 Å². The first-order valence-electron chi connectivity index (χ1n) is 12.8. The maximum Gasteiger partial charge on any atom is 0.219 e. The van der Waals surface area contributed by atoms with Crippen molar-refractivity contribution in [2.75, 3.05) is 75.8 Å². The molecule has 190 valence electrons. The highest BCUT2D eigenvalue weighted by Gasteiger charge is 2.24. The molecule has 1 amide bonds. The Bertz CT molecular complexity index is 1170. The van der Waals surface area contributed by atoms with E-state index in [2.05, 4.69) is 42.2 Å². The van der Waals surface area contributed by atoms with E-state index in [-0.39, 0.29) is 5.91 Å². The maximum atomic E-state index is 12.2. The average molecular weight is 490 g/mol. The highest BCUT2D eigenvalue weighted by Crippen LogP contribution is 2.19. The number of anilines is 2. The highest BCUT2D eigenvalue weighted by atomic mass is 16.5. The van der Waals surface area contributed by atoms with Crippen LogP contribution in [0.25, 0.3) is 10.9 Å². The predicted octanol–water partition coefficient (Wildman–Crippen LogP) is 2.30. The van der Waals surface area contributed by atoms with Crippen LogP contribution < -0.4 is 10.2 Å². The number of benzene rings is 1. The van der Waals surface area contributed by atoms with Gasteiger partial charge in [-0.15, -0.1) is 0 Å². The number of aromatic nitrogens is 3. The summed E-state index contributed by atoms with van der Waals surface area (Å²) in [4.78, 5) is 32.4. The summed E-state index contributed by atoms with van der Waals surface area (Å²) in [6.07, 6.45) is 4.51. The smallest absolute Gasteiger partial charge is 0.219 e. The number of carbonyl (C=O) groups excluding carboxylic acids is 1. The van der Waals surface area contributed by atoms with Gasteiger partial charge in [0.1, 0.15) is 18.0 Å². The van der Waals surface area contributed by atoms with Gasteiger partial charge in [0.25, 0.3) is 0 Å². The van der Waals surface area contributed by atoms with Crippen molar-refractivity contribution in [3.63, 3.8) is 0 Å². The zero-order valence-corrected chi connectivity index (χ0v) is 21.0. The molecule has 5 rings (SSSR count). The molecule has 2 aliphatic heterocycles. The molecule has 0 aliphatic carbocycles. The summed E-state index contributed by atoms with van der Waals surface area (Å²) < 4.78 is 5.45. The lowest BCUT2D eigenvalue weighted by Crippen LogP contribution is -2.37. The van der Waals surface area contributed by atoms with Gasteiger partial charge in [0.05, 0.1) is 18.7 Å². The van der Waals surface area contributed by atoms with Crippen LogP contribution in [0.1, 0.15) is 12.5 Å². The molecular formula is C27H35N7O2. The lowest BCUT2D eigenvalue weighted by Gasteiger charge is -2.28. The number of hydrogen-bond donors (Lipinski definition) is 1. The molecule has 1 N–H and O–H groups in total. The van der Waals surface area contributed by atoms with Gasteiger partial charge < -0.3 is 19.9 Å². The Morgan fingerprint density at radius 1 is 1.06 bits per heavy atom. The van der Waals surface area contributed by atoms with Crippen molar-refractivity contribution in [2.45, 2.75) is 13.3 Å². The van der Waals surface area contributed by atoms with Gasteiger partial charge in [-0.25, -0.2) is 9.97 Å². The molecule has 0 bridgehead atoms. The third-order valence-corrected chi connectivity index (χ3v) is 7.02. The fraction of sp³-hybridized carbons (Fsp3) is 0.481. The van der Waals surface area contributed by atoms with E-state index in [1.165, 1.54) is 5.56 Å². The van der Waals surface area contributed by atoms with Crippen molar-refractivity contribution >= 4 is 28.4 Å². The monoisotopic (exact) mass is 489 g/mol. The van der Waals surface area contributed by atoms with Crippen LogP contribution in [0.15, 0.2) is 48.9 Å². The van der Waals surface area contributed by atoms with Gasteiger partial charge in [0.2, 0.25) is 5.91 Å². The Labute approximate surface area is 212 Å². The minimum absolute atomic E-state index is 0.147. The van der Waals surface area contributed by atoms with E-state index in [0.717, 1.165) is 94.5 Å². The fourth-order valence-corrected chi connectivity index (χ4v) is 5.11. The Hall–Kier alpha value is -3.30. The normalized spacial score (nSPS) is 19.3. The molecule has 1 unspecified atom stereocenters. The summed E-state index contributed by atoms with van der Waals surface area (Å²) in [7, 11) is 0. The van der Waals surface area contributed by atoms with E-state index < -0.39 is 0 Å². The fourth-order valence-electron chi connectivity index (χ4n) is 5.11. The van der Waals surface area contributed by atoms with Gasteiger partial charge in [0, 0.05) is 76.9 Å². The summed E-state index contributed by atoms with van der Waals surface area (Å²) in [5.74, 6) is 2.27. The van der Waals surface area contributed by atoms with Crippen molar-refractivity contribution in [3.8, 4) is 0 Å². The van der Waals surface area contributed by atoms with Crippen molar-refractivity contribution in [2.24, 2.45) is 5.92 Å². The van der Waals surface area contributed by atoms with E-state index in [1.807, 2.05) is 35.4 Å². The van der Waals surface area contributed by atoms with Gasteiger partial charge in [-0.3, -0.25) is 14.7 Å². The number of rotatable bonds is 7. The summed E-state index contributed by atoms with van der Waals surface area (Å²) in [6, 6.07) is 12.5. The molecule has 4 heterocycles. The maximum absolute atomic E-state index is 12.2. The first-order chi connectivity index (χ1) is 17.6. The van der Waals surface area contributed by atoms with Crippen LogP contribution in [0.4, 0.5) is 11.6 Å². The molecule has 3 aromatic rings. The second-order valence-corrected chi connectivity index (χ2v) is 9.66. The molecule has 2 fully saturated rings. The van der Waals surface area contributed by atoms with Crippen LogP contribution in [-0.4, -0.2) is 96.2 Å². The number of morpholine rings is 1. The second-order valence-electron chi connectivity index (χ2n) is 9.66. The van der Waals surface area contributed by atoms with E-state index in [1.54, 1.807) is 13.3 Å². The van der Waals surface area contributed by atoms with Crippen LogP contribution in [0.2, 0.25) is 0 Å². The number of nitrogens with one attached hydrogen (secondary N) is 1. The zero-order valence-electron chi connectivity index (χ0n) is 21.0. The minimum Gasteiger partial charge on any atom is -0.378 e. The molecule has 2 aliphatic rings. The molecule has 0 spiro atoms. The average Bonchev–Trinajstić information content (AvgIpc) is 3.11. The number of carbonyl (C=O) groups is 1. The van der Waals surface area contributed by atoms with Crippen LogP contribution in [0.5, 0.6) is 0 Å². The Morgan fingerprint density at radius 3 is 2.78 bits per heavy atom. The van der Waals surface area contributed by atoms with Crippen molar-refractivity contribution in [1.82, 2.24) is 24.8 Å². The summed E-state index contributed by atoms with van der Waals surface area (Å²) in [6.45, 7) is 9.86. The molecule has 0 radical (unpaired) electrons. The van der Waals surface area contributed by atoms with Crippen molar-refractivity contribution < 1.29 is 9.53 Å². The second kappa shape index (κ2) is 11.6. The molecule has 9 heteroatoms. The molecule has 1 aromatic carbocycles. The van der Waals surface area contributed by atoms with E-state index in [9.17, 15) is 4.79 Å². The van der Waals surface area contributed by atoms with Crippen molar-refractivity contribution in [1.29, 1.82) is 0 Å². The van der Waals surface area contributed by atoms with Crippen LogP contribution >= 0.6 is 0 Å². The van der Waals surface area contributed by atoms with Gasteiger partial charge in [0.15, 0.2) is 0 Å². The number of nitrogens with zero attached hydrogens (tertiary/aromatic N) is 6. The van der Waals surface area contributed by atoms with E-state index in [0.29, 0.717) is 5.92 Å². The number of ether oxygens (including phenoxy) is 1. The van der Waals surface area contributed by atoms with Gasteiger partial charge >= 0.3 is 0 Å². The molecular weight excluding hydrogens is 454 g/mol. The molecule has 2 saturated heterocycles. The van der Waals surface area contributed by atoms with Crippen LogP contribution in [0.3, 0.4) is 0 Å². The molecule has 36 heavy (non-hydrogen) atoms. The lowest BCUT2D eigenvalue weighted by atomic mass is 9.98.